The number of carbonyl (C=O) groups excluding carboxylic acids is 2. The number of carbonyl (C=O) groups is 2. The van der Waals surface area contributed by atoms with Crippen LogP contribution in [-0.2, 0) is 22.4 Å². The number of alkyl halides is 1. The van der Waals surface area contributed by atoms with E-state index in [0.29, 0.717) is 0 Å². The van der Waals surface area contributed by atoms with Crippen molar-refractivity contribution in [3.63, 3.8) is 0 Å². The van der Waals surface area contributed by atoms with Gasteiger partial charge in [0.25, 0.3) is 0 Å². The van der Waals surface area contributed by atoms with Crippen LogP contribution in [-0.4, -0.2) is 27.6 Å². The number of rotatable bonds is 7. The van der Waals surface area contributed by atoms with Crippen LogP contribution in [0.15, 0.2) is 60.7 Å². The number of Topliss-reactive ketones (excluding diaryl/α,β-unsaturated/α-hetero) is 2. The monoisotopic (exact) mass is 360 g/mol. The third kappa shape index (κ3) is 3.90. The third-order valence-electron chi connectivity index (χ3n) is 3.52. The minimum absolute atomic E-state index is 0.104. The molecule has 0 saturated carbocycles. The highest BCUT2D eigenvalue weighted by atomic mass is 79.9. The van der Waals surface area contributed by atoms with Gasteiger partial charge in [0.05, 0.1) is 6.61 Å². The fraction of sp³-hybridized carbons (Fsp3) is 0.222. The van der Waals surface area contributed by atoms with Gasteiger partial charge in [-0.15, -0.1) is 0 Å². The Kier molecular flexibility index (Phi) is 5.63. The van der Waals surface area contributed by atoms with Gasteiger partial charge in [-0.25, -0.2) is 0 Å². The van der Waals surface area contributed by atoms with Crippen LogP contribution in [0.4, 0.5) is 0 Å². The first-order chi connectivity index (χ1) is 10.6. The molecule has 4 heteroatoms. The molecule has 2 aromatic carbocycles. The predicted molar refractivity (Wildman–Crippen MR) is 89.0 cm³/mol. The molecule has 0 aliphatic heterocycles. The summed E-state index contributed by atoms with van der Waals surface area (Å²) < 4.78 is -1.54. The number of halogens is 1. The maximum atomic E-state index is 12.5. The highest BCUT2D eigenvalue weighted by Crippen LogP contribution is 2.24. The average Bonchev–Trinajstić information content (AvgIpc) is 2.55. The second-order valence-corrected chi connectivity index (χ2v) is 6.48. The standard InChI is InChI=1S/C18H17BrO3/c19-18(13-20,16(21)11-14-7-3-1-4-8-14)17(22)12-15-9-5-2-6-10-15/h1-10,20H,11-13H2. The number of hydrogen-bond donors (Lipinski definition) is 1. The van der Waals surface area contributed by atoms with Crippen LogP contribution < -0.4 is 0 Å². The molecule has 0 unspecified atom stereocenters. The lowest BCUT2D eigenvalue weighted by molar-refractivity contribution is -0.130. The highest BCUT2D eigenvalue weighted by Gasteiger charge is 2.41. The Labute approximate surface area is 138 Å². The molecule has 0 radical (unpaired) electrons. The van der Waals surface area contributed by atoms with Gasteiger partial charge in [-0.05, 0) is 11.1 Å². The molecular formula is C18H17BrO3. The zero-order valence-corrected chi connectivity index (χ0v) is 13.6. The molecule has 0 fully saturated rings. The van der Waals surface area contributed by atoms with Crippen LogP contribution in [0, 0.1) is 0 Å². The van der Waals surface area contributed by atoms with Crippen molar-refractivity contribution in [2.75, 3.05) is 6.61 Å². The van der Waals surface area contributed by atoms with Crippen LogP contribution in [0.5, 0.6) is 0 Å². The van der Waals surface area contributed by atoms with Crippen molar-refractivity contribution in [3.05, 3.63) is 71.8 Å². The highest BCUT2D eigenvalue weighted by molar-refractivity contribution is 9.10. The summed E-state index contributed by atoms with van der Waals surface area (Å²) in [6.45, 7) is -0.551. The fourth-order valence-corrected chi connectivity index (χ4v) is 2.45. The van der Waals surface area contributed by atoms with Crippen LogP contribution in [0.25, 0.3) is 0 Å². The molecule has 0 saturated heterocycles. The lowest BCUT2D eigenvalue weighted by atomic mass is 9.91. The van der Waals surface area contributed by atoms with Gasteiger partial charge in [0.15, 0.2) is 15.9 Å². The van der Waals surface area contributed by atoms with Crippen LogP contribution in [0.2, 0.25) is 0 Å². The molecule has 0 amide bonds. The Hall–Kier alpha value is -1.78. The molecule has 0 spiro atoms. The van der Waals surface area contributed by atoms with E-state index in [1.807, 2.05) is 60.7 Å². The van der Waals surface area contributed by atoms with E-state index in [2.05, 4.69) is 15.9 Å². The summed E-state index contributed by atoms with van der Waals surface area (Å²) in [5.41, 5.74) is 1.63. The minimum atomic E-state index is -1.54. The molecule has 0 atom stereocenters. The fourth-order valence-electron chi connectivity index (χ4n) is 2.17. The van der Waals surface area contributed by atoms with Crippen LogP contribution in [0.1, 0.15) is 11.1 Å². The zero-order valence-electron chi connectivity index (χ0n) is 12.0. The molecule has 3 nitrogen and oxygen atoms in total. The molecule has 0 aromatic heterocycles. The summed E-state index contributed by atoms with van der Waals surface area (Å²) in [6, 6.07) is 18.4. The Morgan fingerprint density at radius 2 is 1.18 bits per heavy atom. The van der Waals surface area contributed by atoms with E-state index in [1.165, 1.54) is 0 Å². The Morgan fingerprint density at radius 1 is 0.818 bits per heavy atom. The summed E-state index contributed by atoms with van der Waals surface area (Å²) in [4.78, 5) is 24.9. The number of hydrogen-bond acceptors (Lipinski definition) is 3. The van der Waals surface area contributed by atoms with Crippen molar-refractivity contribution in [3.8, 4) is 0 Å². The van der Waals surface area contributed by atoms with Gasteiger partial charge in [0, 0.05) is 12.8 Å². The lowest BCUT2D eigenvalue weighted by Gasteiger charge is -2.22. The molecule has 0 aliphatic carbocycles. The van der Waals surface area contributed by atoms with E-state index in [4.69, 9.17) is 0 Å². The number of benzene rings is 2. The largest absolute Gasteiger partial charge is 0.394 e. The molecule has 2 aromatic rings. The molecule has 22 heavy (non-hydrogen) atoms. The Bertz CT molecular complexity index is 584. The number of aliphatic hydroxyl groups excluding tert-OH is 1. The average molecular weight is 361 g/mol. The Morgan fingerprint density at radius 3 is 1.50 bits per heavy atom. The third-order valence-corrected chi connectivity index (χ3v) is 4.65. The van der Waals surface area contributed by atoms with Gasteiger partial charge < -0.3 is 5.11 Å². The first-order valence-electron chi connectivity index (χ1n) is 7.00. The van der Waals surface area contributed by atoms with Gasteiger partial charge in [-0.2, -0.15) is 0 Å². The van der Waals surface area contributed by atoms with Crippen molar-refractivity contribution in [1.82, 2.24) is 0 Å². The summed E-state index contributed by atoms with van der Waals surface area (Å²) >= 11 is 3.18. The molecule has 0 heterocycles. The second kappa shape index (κ2) is 7.47. The number of aliphatic hydroxyl groups is 1. The van der Waals surface area contributed by atoms with E-state index in [9.17, 15) is 14.7 Å². The topological polar surface area (TPSA) is 54.4 Å². The number of ketones is 2. The second-order valence-electron chi connectivity index (χ2n) is 5.13. The Balaban J connectivity index is 2.13. The molecular weight excluding hydrogens is 344 g/mol. The SMILES string of the molecule is O=C(Cc1ccccc1)C(Br)(CO)C(=O)Cc1ccccc1. The smallest absolute Gasteiger partial charge is 0.165 e. The van der Waals surface area contributed by atoms with Crippen molar-refractivity contribution < 1.29 is 14.7 Å². The van der Waals surface area contributed by atoms with Crippen molar-refractivity contribution in [2.24, 2.45) is 0 Å². The first-order valence-corrected chi connectivity index (χ1v) is 7.80. The van der Waals surface area contributed by atoms with E-state index in [1.54, 1.807) is 0 Å². The van der Waals surface area contributed by atoms with E-state index >= 15 is 0 Å². The maximum Gasteiger partial charge on any atom is 0.165 e. The van der Waals surface area contributed by atoms with Gasteiger partial charge in [0.2, 0.25) is 0 Å². The van der Waals surface area contributed by atoms with Gasteiger partial charge in [0.1, 0.15) is 0 Å². The molecule has 0 bridgehead atoms. The lowest BCUT2D eigenvalue weighted by Crippen LogP contribution is -2.46. The van der Waals surface area contributed by atoms with Gasteiger partial charge in [-0.3, -0.25) is 9.59 Å². The van der Waals surface area contributed by atoms with Crippen molar-refractivity contribution in [2.45, 2.75) is 17.2 Å². The molecule has 0 aliphatic rings. The minimum Gasteiger partial charge on any atom is -0.394 e. The van der Waals surface area contributed by atoms with Crippen molar-refractivity contribution in [1.29, 1.82) is 0 Å². The summed E-state index contributed by atoms with van der Waals surface area (Å²) in [7, 11) is 0. The van der Waals surface area contributed by atoms with Crippen LogP contribution in [0.3, 0.4) is 0 Å². The van der Waals surface area contributed by atoms with Crippen molar-refractivity contribution >= 4 is 27.5 Å². The van der Waals surface area contributed by atoms with Gasteiger partial charge >= 0.3 is 0 Å². The zero-order chi connectivity index (χ0) is 16.0. The normalized spacial score (nSPS) is 11.2. The quantitative estimate of drug-likeness (QED) is 0.610. The first kappa shape index (κ1) is 16.6. The molecule has 114 valence electrons. The van der Waals surface area contributed by atoms with E-state index in [0.717, 1.165) is 11.1 Å². The van der Waals surface area contributed by atoms with Gasteiger partial charge in [-0.1, -0.05) is 76.6 Å². The predicted octanol–water partition coefficient (Wildman–Crippen LogP) is 2.74. The molecule has 2 rings (SSSR count). The summed E-state index contributed by atoms with van der Waals surface area (Å²) in [6.07, 6.45) is 0.209. The van der Waals surface area contributed by atoms with Crippen LogP contribution >= 0.6 is 15.9 Å². The van der Waals surface area contributed by atoms with E-state index < -0.39 is 10.9 Å². The molecule has 1 N–H and O–H groups in total. The summed E-state index contributed by atoms with van der Waals surface area (Å²) in [5.74, 6) is -0.663. The van der Waals surface area contributed by atoms with E-state index in [-0.39, 0.29) is 24.4 Å². The summed E-state index contributed by atoms with van der Waals surface area (Å²) in [5, 5.41) is 9.59. The maximum absolute atomic E-state index is 12.5.